The summed E-state index contributed by atoms with van der Waals surface area (Å²) >= 11 is 1.91. The van der Waals surface area contributed by atoms with Gasteiger partial charge in [-0.05, 0) is 134 Å². The van der Waals surface area contributed by atoms with Crippen LogP contribution in [-0.2, 0) is 0 Å². The summed E-state index contributed by atoms with van der Waals surface area (Å²) in [5, 5.41) is 3.73. The number of fused-ring (bicyclic) bond motifs is 2. The zero-order chi connectivity index (χ0) is 34.7. The lowest BCUT2D eigenvalue weighted by atomic mass is 10.1. The molecule has 0 fully saturated rings. The average molecular weight is 761 g/mol. The Morgan fingerprint density at radius 3 is 1.43 bits per heavy atom. The molecule has 278 valence electrons. The molecule has 9 heteroatoms. The molecule has 0 bridgehead atoms. The van der Waals surface area contributed by atoms with Gasteiger partial charge in [-0.1, -0.05) is 55.4 Å². The van der Waals surface area contributed by atoms with Crippen molar-refractivity contribution in [2.24, 2.45) is 0 Å². The first-order valence-electron chi connectivity index (χ1n) is 19.5. The van der Waals surface area contributed by atoms with Crippen LogP contribution in [-0.4, -0.2) is 129 Å². The van der Waals surface area contributed by atoms with Gasteiger partial charge in [0.25, 0.3) is 0 Å². The molecular formula is C40H70BrN7S. The van der Waals surface area contributed by atoms with Gasteiger partial charge in [0.05, 0.1) is 22.7 Å². The van der Waals surface area contributed by atoms with Crippen LogP contribution >= 0.6 is 11.8 Å². The fourth-order valence-corrected chi connectivity index (χ4v) is 7.85. The van der Waals surface area contributed by atoms with Crippen LogP contribution in [0.2, 0.25) is 0 Å². The van der Waals surface area contributed by atoms with E-state index in [1.165, 1.54) is 52.6 Å². The van der Waals surface area contributed by atoms with Crippen LogP contribution in [0.4, 0.5) is 11.4 Å². The minimum Gasteiger partial charge on any atom is -1.00 e. The molecule has 0 spiro atoms. The lowest BCUT2D eigenvalue weighted by Crippen LogP contribution is -3.00. The van der Waals surface area contributed by atoms with E-state index < -0.39 is 0 Å². The number of allylic oxidation sites excluding steroid dienone is 3. The zero-order valence-electron chi connectivity index (χ0n) is 32.5. The van der Waals surface area contributed by atoms with Crippen LogP contribution in [0.1, 0.15) is 81.1 Å². The highest BCUT2D eigenvalue weighted by Crippen LogP contribution is 2.45. The fourth-order valence-electron chi connectivity index (χ4n) is 6.81. The summed E-state index contributed by atoms with van der Waals surface area (Å²) in [6.07, 6.45) is 13.0. The summed E-state index contributed by atoms with van der Waals surface area (Å²) < 4.78 is 0. The molecule has 49 heavy (non-hydrogen) atoms. The first kappa shape index (κ1) is 43.6. The minimum absolute atomic E-state index is 0. The molecule has 1 aliphatic carbocycles. The van der Waals surface area contributed by atoms with E-state index in [0.717, 1.165) is 110 Å². The summed E-state index contributed by atoms with van der Waals surface area (Å²) in [6.45, 7) is 36.2. The highest BCUT2D eigenvalue weighted by molar-refractivity contribution is 8.03. The molecule has 0 unspecified atom stereocenters. The summed E-state index contributed by atoms with van der Waals surface area (Å²) in [5.74, 6) is 0. The van der Waals surface area contributed by atoms with Gasteiger partial charge in [0.2, 0.25) is 5.70 Å². The van der Waals surface area contributed by atoms with Gasteiger partial charge in [-0.2, -0.15) is 0 Å². The van der Waals surface area contributed by atoms with E-state index in [1.807, 2.05) is 11.8 Å². The summed E-state index contributed by atoms with van der Waals surface area (Å²) in [7, 11) is 0. The molecule has 0 radical (unpaired) electrons. The monoisotopic (exact) mass is 759 g/mol. The Balaban J connectivity index is 0.00000833. The number of hydrogen-bond donors (Lipinski definition) is 1. The molecule has 1 aromatic rings. The molecule has 0 saturated carbocycles. The largest absolute Gasteiger partial charge is 1.00 e. The van der Waals surface area contributed by atoms with Crippen molar-refractivity contribution >= 4 is 23.1 Å². The van der Waals surface area contributed by atoms with Gasteiger partial charge in [0.15, 0.2) is 10.6 Å². The molecule has 7 nitrogen and oxygen atoms in total. The van der Waals surface area contributed by atoms with Gasteiger partial charge in [0.1, 0.15) is 6.08 Å². The van der Waals surface area contributed by atoms with Gasteiger partial charge < -0.3 is 51.7 Å². The van der Waals surface area contributed by atoms with Crippen molar-refractivity contribution < 1.29 is 17.0 Å². The van der Waals surface area contributed by atoms with Crippen LogP contribution in [0.25, 0.3) is 0 Å². The van der Waals surface area contributed by atoms with Crippen molar-refractivity contribution in [1.82, 2.24) is 24.5 Å². The number of nitrogens with one attached hydrogen (secondary N) is 1. The molecule has 1 aromatic carbocycles. The summed E-state index contributed by atoms with van der Waals surface area (Å²) in [5.41, 5.74) is 4.95. The van der Waals surface area contributed by atoms with E-state index in [9.17, 15) is 0 Å². The Morgan fingerprint density at radius 2 is 1.00 bits per heavy atom. The topological polar surface area (TPSA) is 31.5 Å². The standard InChI is InChI=1S/C40H70N7S.BrH/c1-9-42(10-2)25-17-29-46(30-18-26-43(11-3)12-4)35-21-23-37-39(33-35)48-40-34-36(22-24-38(40)41-37)47(31-19-27-44(13-5)14-6)32-20-28-45(15-7)16-8;/h21-23,33-34,41H,9-20,25-32H2,1-8H3;1H/q+1;/p-1. The third kappa shape index (κ3) is 14.2. The second kappa shape index (κ2) is 24.6. The smallest absolute Gasteiger partial charge is 0.222 e. The molecular weight excluding hydrogens is 690 g/mol. The van der Waals surface area contributed by atoms with Gasteiger partial charge in [-0.15, -0.1) is 0 Å². The Kier molecular flexibility index (Phi) is 21.9. The molecule has 2 aliphatic rings. The van der Waals surface area contributed by atoms with Crippen molar-refractivity contribution in [3.63, 3.8) is 0 Å². The quantitative estimate of drug-likeness (QED) is 0.136. The van der Waals surface area contributed by atoms with Gasteiger partial charge in [-0.3, -0.25) is 0 Å². The van der Waals surface area contributed by atoms with Crippen LogP contribution < -0.4 is 27.2 Å². The molecule has 0 saturated heterocycles. The van der Waals surface area contributed by atoms with E-state index in [2.05, 4.69) is 127 Å². The molecule has 1 heterocycles. The van der Waals surface area contributed by atoms with Gasteiger partial charge in [-0.25, -0.2) is 0 Å². The zero-order valence-corrected chi connectivity index (χ0v) is 34.9. The number of halogens is 1. The van der Waals surface area contributed by atoms with Crippen molar-refractivity contribution in [2.45, 2.75) is 86.0 Å². The maximum Gasteiger partial charge on any atom is 0.222 e. The number of anilines is 2. The molecule has 1 N–H and O–H groups in total. The second-order valence-corrected chi connectivity index (χ2v) is 14.1. The summed E-state index contributed by atoms with van der Waals surface area (Å²) in [6, 6.07) is 7.05. The highest BCUT2D eigenvalue weighted by Gasteiger charge is 2.30. The molecule has 1 aliphatic heterocycles. The van der Waals surface area contributed by atoms with Crippen molar-refractivity contribution in [1.29, 1.82) is 0 Å². The minimum atomic E-state index is 0. The normalized spacial score (nSPS) is 13.8. The number of thioether (sulfide) groups is 1. The fraction of sp³-hybridized carbons (Fsp3) is 0.700. The molecule has 0 amide bonds. The van der Waals surface area contributed by atoms with Crippen LogP contribution in [0, 0.1) is 6.08 Å². The number of hydrogen-bond acceptors (Lipinski definition) is 8. The predicted molar refractivity (Wildman–Crippen MR) is 212 cm³/mol. The average Bonchev–Trinajstić information content (AvgIpc) is 3.12. The van der Waals surface area contributed by atoms with E-state index in [4.69, 9.17) is 0 Å². The van der Waals surface area contributed by atoms with Gasteiger partial charge in [0, 0.05) is 31.9 Å². The first-order valence-corrected chi connectivity index (χ1v) is 20.3. The van der Waals surface area contributed by atoms with Crippen molar-refractivity contribution in [3.8, 4) is 0 Å². The maximum absolute atomic E-state index is 3.73. The second-order valence-electron chi connectivity index (χ2n) is 13.0. The van der Waals surface area contributed by atoms with E-state index in [-0.39, 0.29) is 17.0 Å². The van der Waals surface area contributed by atoms with Crippen LogP contribution in [0.15, 0.2) is 51.5 Å². The van der Waals surface area contributed by atoms with Crippen molar-refractivity contribution in [2.75, 3.05) is 115 Å². The molecule has 3 rings (SSSR count). The van der Waals surface area contributed by atoms with Crippen LogP contribution in [0.3, 0.4) is 0 Å². The third-order valence-corrected chi connectivity index (χ3v) is 11.4. The number of rotatable bonds is 26. The highest BCUT2D eigenvalue weighted by atomic mass is 79.9. The van der Waals surface area contributed by atoms with E-state index in [0.29, 0.717) is 0 Å². The maximum atomic E-state index is 3.73. The number of nitrogens with zero attached hydrogens (tertiary/aromatic N) is 6. The van der Waals surface area contributed by atoms with Crippen LogP contribution in [0.5, 0.6) is 0 Å². The molecule has 0 aromatic heterocycles. The number of benzene rings is 1. The van der Waals surface area contributed by atoms with E-state index >= 15 is 0 Å². The molecule has 0 atom stereocenters. The predicted octanol–water partition coefficient (Wildman–Crippen LogP) is 4.71. The summed E-state index contributed by atoms with van der Waals surface area (Å²) in [4.78, 5) is 18.0. The lowest BCUT2D eigenvalue weighted by molar-refractivity contribution is -0.0000103. The third-order valence-electron chi connectivity index (χ3n) is 10.3. The van der Waals surface area contributed by atoms with Crippen molar-refractivity contribution in [3.05, 3.63) is 52.7 Å². The SMILES string of the molecule is CCN(CC)CCCN(CCCN(CC)CC)C1=C[C+]=C2Nc3ccc(N(CCCN(CC)CC)CCCN(CC)CC)cc3SC2=C1.[Br-]. The Hall–Kier alpha value is -1.58. The Bertz CT molecular complexity index is 1100. The Labute approximate surface area is 317 Å². The van der Waals surface area contributed by atoms with Gasteiger partial charge >= 0.3 is 0 Å². The van der Waals surface area contributed by atoms with E-state index in [1.54, 1.807) is 0 Å². The lowest BCUT2D eigenvalue weighted by Gasteiger charge is -2.29. The Morgan fingerprint density at radius 1 is 0.571 bits per heavy atom. The first-order chi connectivity index (χ1) is 23.4.